The van der Waals surface area contributed by atoms with Crippen molar-refractivity contribution in [3.8, 4) is 0 Å². The van der Waals surface area contributed by atoms with E-state index in [-0.39, 0.29) is 5.38 Å². The van der Waals surface area contributed by atoms with E-state index >= 15 is 0 Å². The Morgan fingerprint density at radius 1 is 1.38 bits per heavy atom. The van der Waals surface area contributed by atoms with Gasteiger partial charge in [-0.3, -0.25) is 0 Å². The molecule has 1 fully saturated rings. The maximum absolute atomic E-state index is 6.17. The van der Waals surface area contributed by atoms with E-state index in [0.29, 0.717) is 0 Å². The second-order valence-electron chi connectivity index (χ2n) is 4.11. The monoisotopic (exact) mass is 236 g/mol. The second-order valence-corrected chi connectivity index (χ2v) is 4.72. The van der Waals surface area contributed by atoms with Gasteiger partial charge < -0.3 is 4.90 Å². The average Bonchev–Trinajstić information content (AvgIpc) is 2.75. The van der Waals surface area contributed by atoms with Gasteiger partial charge in [-0.25, -0.2) is 9.50 Å². The van der Waals surface area contributed by atoms with Crippen molar-refractivity contribution in [2.75, 3.05) is 18.0 Å². The summed E-state index contributed by atoms with van der Waals surface area (Å²) in [6, 6.07) is 3.90. The average molecular weight is 237 g/mol. The number of anilines is 1. The fraction of sp³-hybridized carbons (Fsp3) is 0.455. The van der Waals surface area contributed by atoms with Gasteiger partial charge in [0.15, 0.2) is 5.65 Å². The highest BCUT2D eigenvalue weighted by atomic mass is 35.5. The summed E-state index contributed by atoms with van der Waals surface area (Å²) < 4.78 is 1.77. The molecule has 0 N–H and O–H groups in total. The third-order valence-corrected chi connectivity index (χ3v) is 3.29. The molecule has 2 aromatic heterocycles. The summed E-state index contributed by atoms with van der Waals surface area (Å²) in [6.07, 6.45) is 5.94. The number of rotatable bonds is 1. The van der Waals surface area contributed by atoms with Gasteiger partial charge in [-0.2, -0.15) is 5.10 Å². The zero-order valence-corrected chi connectivity index (χ0v) is 9.64. The van der Waals surface area contributed by atoms with E-state index < -0.39 is 0 Å². The van der Waals surface area contributed by atoms with Gasteiger partial charge >= 0.3 is 0 Å². The molecule has 2 aromatic rings. The van der Waals surface area contributed by atoms with Gasteiger partial charge in [0.05, 0.1) is 11.6 Å². The third-order valence-electron chi connectivity index (χ3n) is 2.93. The van der Waals surface area contributed by atoms with Crippen molar-refractivity contribution < 1.29 is 0 Å². The fourth-order valence-corrected chi connectivity index (χ4v) is 2.43. The second kappa shape index (κ2) is 3.94. The van der Waals surface area contributed by atoms with E-state index in [4.69, 9.17) is 11.6 Å². The van der Waals surface area contributed by atoms with Gasteiger partial charge in [0.1, 0.15) is 5.82 Å². The molecular weight excluding hydrogens is 224 g/mol. The van der Waals surface area contributed by atoms with Crippen LogP contribution in [0.4, 0.5) is 5.82 Å². The minimum Gasteiger partial charge on any atom is -0.355 e. The van der Waals surface area contributed by atoms with Crippen LogP contribution in [0.25, 0.3) is 5.65 Å². The molecule has 0 radical (unpaired) electrons. The Morgan fingerprint density at radius 3 is 3.19 bits per heavy atom. The van der Waals surface area contributed by atoms with Crippen LogP contribution in [0.15, 0.2) is 24.5 Å². The number of nitrogens with zero attached hydrogens (tertiary/aromatic N) is 4. The van der Waals surface area contributed by atoms with Crippen LogP contribution >= 0.6 is 11.6 Å². The lowest BCUT2D eigenvalue weighted by molar-refractivity contribution is 0.580. The van der Waals surface area contributed by atoms with Crippen LogP contribution < -0.4 is 4.90 Å². The first kappa shape index (κ1) is 9.90. The topological polar surface area (TPSA) is 33.4 Å². The van der Waals surface area contributed by atoms with E-state index in [2.05, 4.69) is 15.0 Å². The largest absolute Gasteiger partial charge is 0.355 e. The Hall–Kier alpha value is -1.29. The molecule has 3 rings (SSSR count). The number of hydrogen-bond acceptors (Lipinski definition) is 3. The quantitative estimate of drug-likeness (QED) is 0.710. The van der Waals surface area contributed by atoms with Crippen molar-refractivity contribution in [3.63, 3.8) is 0 Å². The molecule has 5 heteroatoms. The smallest absolute Gasteiger partial charge is 0.157 e. The van der Waals surface area contributed by atoms with E-state index in [0.717, 1.165) is 37.4 Å². The van der Waals surface area contributed by atoms with Gasteiger partial charge in [-0.15, -0.1) is 11.6 Å². The molecular formula is C11H13ClN4. The van der Waals surface area contributed by atoms with Crippen LogP contribution in [0, 0.1) is 0 Å². The molecule has 4 nitrogen and oxygen atoms in total. The van der Waals surface area contributed by atoms with E-state index in [1.54, 1.807) is 10.7 Å². The number of alkyl halides is 1. The first-order valence-electron chi connectivity index (χ1n) is 5.52. The van der Waals surface area contributed by atoms with Gasteiger partial charge in [-0.05, 0) is 18.9 Å². The van der Waals surface area contributed by atoms with Crippen molar-refractivity contribution in [1.82, 2.24) is 14.6 Å². The zero-order valence-electron chi connectivity index (χ0n) is 8.88. The van der Waals surface area contributed by atoms with E-state index in [1.165, 1.54) is 0 Å². The lowest BCUT2D eigenvalue weighted by Crippen LogP contribution is -2.36. The highest BCUT2D eigenvalue weighted by Gasteiger charge is 2.19. The number of halogens is 1. The lowest BCUT2D eigenvalue weighted by atomic mass is 10.1. The SMILES string of the molecule is ClC1CCCN(c2ccn3nccc3n2)C1. The number of fused-ring (bicyclic) bond motifs is 1. The van der Waals surface area contributed by atoms with Crippen molar-refractivity contribution in [2.45, 2.75) is 18.2 Å². The summed E-state index contributed by atoms with van der Waals surface area (Å²) >= 11 is 6.17. The normalized spacial score (nSPS) is 21.6. The molecule has 1 unspecified atom stereocenters. The minimum atomic E-state index is 0.247. The van der Waals surface area contributed by atoms with Gasteiger partial charge in [0.25, 0.3) is 0 Å². The molecule has 0 aliphatic carbocycles. The van der Waals surface area contributed by atoms with Crippen molar-refractivity contribution in [2.24, 2.45) is 0 Å². The highest BCUT2D eigenvalue weighted by Crippen LogP contribution is 2.20. The first-order chi connectivity index (χ1) is 7.83. The molecule has 1 aliphatic rings. The van der Waals surface area contributed by atoms with Gasteiger partial charge in [0.2, 0.25) is 0 Å². The summed E-state index contributed by atoms with van der Waals surface area (Å²) in [5.41, 5.74) is 0.884. The first-order valence-corrected chi connectivity index (χ1v) is 5.96. The maximum Gasteiger partial charge on any atom is 0.157 e. The van der Waals surface area contributed by atoms with Crippen LogP contribution in [0.3, 0.4) is 0 Å². The third kappa shape index (κ3) is 1.73. The Bertz CT molecular complexity index is 495. The van der Waals surface area contributed by atoms with E-state index in [1.807, 2.05) is 18.3 Å². The summed E-state index contributed by atoms with van der Waals surface area (Å²) in [5.74, 6) is 0.998. The Balaban J connectivity index is 1.92. The predicted molar refractivity (Wildman–Crippen MR) is 64.1 cm³/mol. The number of aromatic nitrogens is 3. The molecule has 0 saturated carbocycles. The van der Waals surface area contributed by atoms with Crippen LogP contribution in [0.1, 0.15) is 12.8 Å². The Kier molecular flexibility index (Phi) is 2.44. The van der Waals surface area contributed by atoms with E-state index in [9.17, 15) is 0 Å². The molecule has 84 valence electrons. The number of piperidine rings is 1. The lowest BCUT2D eigenvalue weighted by Gasteiger charge is -2.30. The van der Waals surface area contributed by atoms with Crippen LogP contribution in [0.2, 0.25) is 0 Å². The van der Waals surface area contributed by atoms with Crippen molar-refractivity contribution >= 4 is 23.1 Å². The van der Waals surface area contributed by atoms with Crippen molar-refractivity contribution in [3.05, 3.63) is 24.5 Å². The Morgan fingerprint density at radius 2 is 2.31 bits per heavy atom. The molecule has 0 bridgehead atoms. The highest BCUT2D eigenvalue weighted by molar-refractivity contribution is 6.21. The molecule has 1 aliphatic heterocycles. The predicted octanol–water partition coefficient (Wildman–Crippen LogP) is 1.94. The molecule has 0 spiro atoms. The molecule has 3 heterocycles. The molecule has 1 saturated heterocycles. The molecule has 16 heavy (non-hydrogen) atoms. The van der Waals surface area contributed by atoms with Crippen LogP contribution in [-0.4, -0.2) is 33.1 Å². The van der Waals surface area contributed by atoms with Gasteiger partial charge in [0, 0.05) is 25.4 Å². The zero-order chi connectivity index (χ0) is 11.0. The molecule has 0 amide bonds. The maximum atomic E-state index is 6.17. The fourth-order valence-electron chi connectivity index (χ4n) is 2.11. The van der Waals surface area contributed by atoms with Gasteiger partial charge in [-0.1, -0.05) is 0 Å². The number of hydrogen-bond donors (Lipinski definition) is 0. The summed E-state index contributed by atoms with van der Waals surface area (Å²) in [6.45, 7) is 1.93. The molecule has 1 atom stereocenters. The summed E-state index contributed by atoms with van der Waals surface area (Å²) in [5, 5.41) is 4.38. The Labute approximate surface area is 98.8 Å². The van der Waals surface area contributed by atoms with Crippen molar-refractivity contribution in [1.29, 1.82) is 0 Å². The summed E-state index contributed by atoms with van der Waals surface area (Å²) in [7, 11) is 0. The minimum absolute atomic E-state index is 0.247. The van der Waals surface area contributed by atoms with Crippen LogP contribution in [-0.2, 0) is 0 Å². The van der Waals surface area contributed by atoms with Crippen LogP contribution in [0.5, 0.6) is 0 Å². The summed E-state index contributed by atoms with van der Waals surface area (Å²) in [4.78, 5) is 6.81. The molecule has 0 aromatic carbocycles. The standard InChI is InChI=1S/C11H13ClN4/c12-9-2-1-6-15(8-9)10-4-7-16-11(14-10)3-5-13-16/h3-5,7,9H,1-2,6,8H2.